The first kappa shape index (κ1) is 14.5. The van der Waals surface area contributed by atoms with E-state index in [9.17, 15) is 9.59 Å². The summed E-state index contributed by atoms with van der Waals surface area (Å²) in [4.78, 5) is 25.9. The van der Waals surface area contributed by atoms with Crippen LogP contribution in [0.3, 0.4) is 0 Å². The average molecular weight is 277 g/mol. The van der Waals surface area contributed by atoms with Gasteiger partial charge in [0.25, 0.3) is 5.91 Å². The molecule has 1 aliphatic heterocycles. The molecule has 0 aromatic heterocycles. The third-order valence-electron chi connectivity index (χ3n) is 3.35. The maximum atomic E-state index is 12.5. The van der Waals surface area contributed by atoms with Gasteiger partial charge in [0, 0.05) is 25.7 Å². The third kappa shape index (κ3) is 2.97. The summed E-state index contributed by atoms with van der Waals surface area (Å²) in [7, 11) is 1.55. The highest BCUT2D eigenvalue weighted by Crippen LogP contribution is 2.14. The lowest BCUT2D eigenvalue weighted by molar-refractivity contribution is -0.130. The molecule has 0 bridgehead atoms. The number of nitrogens with zero attached hydrogens (tertiary/aromatic N) is 1. The molecule has 1 fully saturated rings. The molecular weight excluding hydrogens is 258 g/mol. The number of hydrogen-bond donors (Lipinski definition) is 2. The van der Waals surface area contributed by atoms with Crippen LogP contribution < -0.4 is 11.1 Å². The van der Waals surface area contributed by atoms with E-state index in [4.69, 9.17) is 10.5 Å². The van der Waals surface area contributed by atoms with E-state index in [2.05, 4.69) is 5.32 Å². The van der Waals surface area contributed by atoms with Crippen LogP contribution >= 0.6 is 0 Å². The monoisotopic (exact) mass is 277 g/mol. The largest absolute Gasteiger partial charge is 0.377 e. The van der Waals surface area contributed by atoms with Gasteiger partial charge in [-0.2, -0.15) is 0 Å². The summed E-state index contributed by atoms with van der Waals surface area (Å²) in [6, 6.07) is 6.58. The first-order valence-electron chi connectivity index (χ1n) is 6.56. The zero-order chi connectivity index (χ0) is 14.5. The van der Waals surface area contributed by atoms with E-state index < -0.39 is 6.04 Å². The molecule has 1 unspecified atom stereocenters. The van der Waals surface area contributed by atoms with Crippen molar-refractivity contribution in [1.82, 2.24) is 10.2 Å². The number of nitrogens with two attached hydrogens (primary N) is 1. The first-order chi connectivity index (χ1) is 9.67. The number of benzene rings is 1. The van der Waals surface area contributed by atoms with E-state index in [0.717, 1.165) is 5.56 Å². The fourth-order valence-electron chi connectivity index (χ4n) is 2.23. The van der Waals surface area contributed by atoms with Crippen molar-refractivity contribution in [2.45, 2.75) is 12.6 Å². The van der Waals surface area contributed by atoms with Crippen LogP contribution in [0.2, 0.25) is 0 Å². The minimum absolute atomic E-state index is 0.169. The van der Waals surface area contributed by atoms with Crippen LogP contribution in [-0.2, 0) is 16.1 Å². The third-order valence-corrected chi connectivity index (χ3v) is 3.35. The molecule has 0 saturated carbocycles. The van der Waals surface area contributed by atoms with E-state index in [0.29, 0.717) is 25.3 Å². The van der Waals surface area contributed by atoms with Crippen molar-refractivity contribution in [2.75, 3.05) is 26.8 Å². The topological polar surface area (TPSA) is 84.7 Å². The fourth-order valence-corrected chi connectivity index (χ4v) is 2.23. The van der Waals surface area contributed by atoms with Crippen molar-refractivity contribution < 1.29 is 14.3 Å². The Labute approximate surface area is 117 Å². The van der Waals surface area contributed by atoms with E-state index in [1.807, 2.05) is 6.07 Å². The minimum Gasteiger partial charge on any atom is -0.377 e. The molecule has 6 heteroatoms. The highest BCUT2D eigenvalue weighted by atomic mass is 16.5. The number of ether oxygens (including phenoxy) is 1. The molecule has 3 N–H and O–H groups in total. The van der Waals surface area contributed by atoms with Gasteiger partial charge in [0.15, 0.2) is 0 Å². The maximum Gasteiger partial charge on any atom is 0.254 e. The molecular formula is C14H19N3O3. The Morgan fingerprint density at radius 1 is 1.50 bits per heavy atom. The lowest BCUT2D eigenvalue weighted by atomic mass is 10.1. The molecule has 20 heavy (non-hydrogen) atoms. The van der Waals surface area contributed by atoms with Gasteiger partial charge in [-0.3, -0.25) is 9.59 Å². The van der Waals surface area contributed by atoms with Crippen LogP contribution in [0.15, 0.2) is 24.3 Å². The molecule has 2 amide bonds. The van der Waals surface area contributed by atoms with Gasteiger partial charge >= 0.3 is 0 Å². The number of carbonyl (C=O) groups is 2. The Balaban J connectivity index is 2.22. The zero-order valence-electron chi connectivity index (χ0n) is 11.5. The lowest BCUT2D eigenvalue weighted by Crippen LogP contribution is -2.55. The van der Waals surface area contributed by atoms with E-state index in [1.54, 1.807) is 30.1 Å². The fraction of sp³-hybridized carbons (Fsp3) is 0.429. The molecule has 6 nitrogen and oxygen atoms in total. The molecule has 1 aromatic rings. The molecule has 0 radical (unpaired) electrons. The second-order valence-electron chi connectivity index (χ2n) is 4.61. The van der Waals surface area contributed by atoms with Gasteiger partial charge in [-0.05, 0) is 17.7 Å². The van der Waals surface area contributed by atoms with Crippen LogP contribution in [0.1, 0.15) is 15.9 Å². The molecule has 1 saturated heterocycles. The van der Waals surface area contributed by atoms with E-state index >= 15 is 0 Å². The number of amides is 2. The highest BCUT2D eigenvalue weighted by molar-refractivity contribution is 5.97. The molecule has 108 valence electrons. The first-order valence-corrected chi connectivity index (χ1v) is 6.56. The molecule has 0 aliphatic carbocycles. The van der Waals surface area contributed by atoms with Gasteiger partial charge in [0.1, 0.15) is 6.04 Å². The predicted octanol–water partition coefficient (Wildman–Crippen LogP) is -0.268. The number of likely N-dealkylation sites (N-methyl/N-ethyl adjacent to an activating group) is 1. The molecule has 1 aromatic carbocycles. The lowest BCUT2D eigenvalue weighted by Gasteiger charge is -2.34. The van der Waals surface area contributed by atoms with Crippen LogP contribution in [0.25, 0.3) is 0 Å². The molecule has 1 heterocycles. The molecule has 0 spiro atoms. The van der Waals surface area contributed by atoms with Gasteiger partial charge in [-0.25, -0.2) is 0 Å². The van der Waals surface area contributed by atoms with Gasteiger partial charge < -0.3 is 20.7 Å². The average Bonchev–Trinajstić information content (AvgIpc) is 2.53. The van der Waals surface area contributed by atoms with Crippen molar-refractivity contribution >= 4 is 11.8 Å². The Hall–Kier alpha value is -1.92. The summed E-state index contributed by atoms with van der Waals surface area (Å²) in [6.07, 6.45) is 0. The molecule has 1 atom stereocenters. The number of morpholine rings is 1. The number of hydrogen-bond acceptors (Lipinski definition) is 4. The van der Waals surface area contributed by atoms with Crippen LogP contribution in [-0.4, -0.2) is 49.6 Å². The second kappa shape index (κ2) is 6.49. The van der Waals surface area contributed by atoms with Gasteiger partial charge in [-0.15, -0.1) is 0 Å². The zero-order valence-corrected chi connectivity index (χ0v) is 11.5. The Morgan fingerprint density at radius 3 is 3.00 bits per heavy atom. The number of rotatable bonds is 3. The normalized spacial score (nSPS) is 18.7. The van der Waals surface area contributed by atoms with Crippen LogP contribution in [0.4, 0.5) is 0 Å². The van der Waals surface area contributed by atoms with Crippen molar-refractivity contribution in [3.05, 3.63) is 35.4 Å². The van der Waals surface area contributed by atoms with Crippen molar-refractivity contribution in [3.63, 3.8) is 0 Å². The van der Waals surface area contributed by atoms with Crippen molar-refractivity contribution in [3.8, 4) is 0 Å². The smallest absolute Gasteiger partial charge is 0.254 e. The minimum atomic E-state index is -0.581. The molecule has 1 aliphatic rings. The summed E-state index contributed by atoms with van der Waals surface area (Å²) in [5.41, 5.74) is 7.02. The van der Waals surface area contributed by atoms with Crippen LogP contribution in [0.5, 0.6) is 0 Å². The summed E-state index contributed by atoms with van der Waals surface area (Å²) >= 11 is 0. The second-order valence-corrected chi connectivity index (χ2v) is 4.61. The Kier molecular flexibility index (Phi) is 4.70. The van der Waals surface area contributed by atoms with E-state index in [-0.39, 0.29) is 18.4 Å². The van der Waals surface area contributed by atoms with Gasteiger partial charge in [-0.1, -0.05) is 12.1 Å². The standard InChI is InChI=1S/C14H19N3O3/c1-16-13(18)12-9-20-6-5-17(12)14(19)11-4-2-3-10(7-11)8-15/h2-4,7,12H,5-6,8-9,15H2,1H3,(H,16,18). The number of carbonyl (C=O) groups excluding carboxylic acids is 2. The molecule has 2 rings (SSSR count). The van der Waals surface area contributed by atoms with Crippen molar-refractivity contribution in [2.24, 2.45) is 5.73 Å². The van der Waals surface area contributed by atoms with E-state index in [1.165, 1.54) is 0 Å². The van der Waals surface area contributed by atoms with Gasteiger partial charge in [0.2, 0.25) is 5.91 Å². The van der Waals surface area contributed by atoms with Crippen molar-refractivity contribution in [1.29, 1.82) is 0 Å². The summed E-state index contributed by atoms with van der Waals surface area (Å²) in [5.74, 6) is -0.384. The maximum absolute atomic E-state index is 12.5. The SMILES string of the molecule is CNC(=O)C1COCCN1C(=O)c1cccc(CN)c1. The van der Waals surface area contributed by atoms with Crippen LogP contribution in [0, 0.1) is 0 Å². The Bertz CT molecular complexity index is 504. The Morgan fingerprint density at radius 2 is 2.30 bits per heavy atom. The summed E-state index contributed by atoms with van der Waals surface area (Å²) in [5, 5.41) is 2.56. The van der Waals surface area contributed by atoms with Gasteiger partial charge in [0.05, 0.1) is 13.2 Å². The summed E-state index contributed by atoms with van der Waals surface area (Å²) < 4.78 is 5.29. The highest BCUT2D eigenvalue weighted by Gasteiger charge is 2.32. The quantitative estimate of drug-likeness (QED) is 0.796. The number of nitrogens with one attached hydrogen (secondary N) is 1. The summed E-state index contributed by atoms with van der Waals surface area (Å²) in [6.45, 7) is 1.45. The predicted molar refractivity (Wildman–Crippen MR) is 74.0 cm³/mol.